The monoisotopic (exact) mass is 176 g/mol. The van der Waals surface area contributed by atoms with E-state index in [1.807, 2.05) is 4.90 Å². The van der Waals surface area contributed by atoms with Crippen molar-refractivity contribution in [3.8, 4) is 0 Å². The lowest BCUT2D eigenvalue weighted by molar-refractivity contribution is -0.146. The third-order valence-electron chi connectivity index (χ3n) is 2.87. The zero-order valence-electron chi connectivity index (χ0n) is 6.97. The summed E-state index contributed by atoms with van der Waals surface area (Å²) >= 11 is 0. The van der Waals surface area contributed by atoms with Gasteiger partial charge >= 0.3 is 0 Å². The fraction of sp³-hybridized carbons (Fsp3) is 1.00. The van der Waals surface area contributed by atoms with Crippen LogP contribution < -0.4 is 5.73 Å². The molecule has 4 heteroatoms. The first kappa shape index (κ1) is 8.38. The molecule has 0 aromatic carbocycles. The fourth-order valence-electron chi connectivity index (χ4n) is 2.20. The highest BCUT2D eigenvalue weighted by molar-refractivity contribution is 4.97. The van der Waals surface area contributed by atoms with Crippen LogP contribution in [0.2, 0.25) is 0 Å². The molecule has 2 atom stereocenters. The van der Waals surface area contributed by atoms with Gasteiger partial charge in [0, 0.05) is 12.1 Å². The normalized spacial score (nSPS) is 41.2. The topological polar surface area (TPSA) is 29.3 Å². The van der Waals surface area contributed by atoms with E-state index in [2.05, 4.69) is 0 Å². The van der Waals surface area contributed by atoms with E-state index >= 15 is 0 Å². The lowest BCUT2D eigenvalue weighted by atomic mass is 10.0. The maximum absolute atomic E-state index is 12.5. The van der Waals surface area contributed by atoms with Gasteiger partial charge in [-0.1, -0.05) is 6.42 Å². The standard InChI is InChI=1S/C8H14F2N2/c9-8(10)4-12(5-8)7-3-1-2-6(7)11/h6-7H,1-5,11H2. The van der Waals surface area contributed by atoms with Gasteiger partial charge in [0.05, 0.1) is 13.1 Å². The molecular formula is C8H14F2N2. The second-order valence-electron chi connectivity index (χ2n) is 3.92. The van der Waals surface area contributed by atoms with Crippen LogP contribution in [0.5, 0.6) is 0 Å². The number of halogens is 2. The van der Waals surface area contributed by atoms with Gasteiger partial charge in [0.25, 0.3) is 5.92 Å². The van der Waals surface area contributed by atoms with Crippen LogP contribution >= 0.6 is 0 Å². The summed E-state index contributed by atoms with van der Waals surface area (Å²) in [5.74, 6) is -2.44. The largest absolute Gasteiger partial charge is 0.326 e. The summed E-state index contributed by atoms with van der Waals surface area (Å²) in [6.45, 7) is -0.156. The van der Waals surface area contributed by atoms with Crippen LogP contribution in [0.25, 0.3) is 0 Å². The van der Waals surface area contributed by atoms with E-state index in [4.69, 9.17) is 5.73 Å². The first-order chi connectivity index (χ1) is 5.58. The van der Waals surface area contributed by atoms with Crippen molar-refractivity contribution in [1.82, 2.24) is 4.90 Å². The lowest BCUT2D eigenvalue weighted by Crippen LogP contribution is -2.62. The molecule has 1 saturated heterocycles. The minimum absolute atomic E-state index is 0.0780. The van der Waals surface area contributed by atoms with Crippen molar-refractivity contribution in [2.75, 3.05) is 13.1 Å². The van der Waals surface area contributed by atoms with Crippen molar-refractivity contribution in [3.63, 3.8) is 0 Å². The number of alkyl halides is 2. The Morgan fingerprint density at radius 2 is 1.92 bits per heavy atom. The molecule has 0 radical (unpaired) electrons. The Balaban J connectivity index is 1.87. The summed E-state index contributed by atoms with van der Waals surface area (Å²) in [5, 5.41) is 0. The number of hydrogen-bond acceptors (Lipinski definition) is 2. The van der Waals surface area contributed by atoms with Gasteiger partial charge in [-0.25, -0.2) is 8.78 Å². The van der Waals surface area contributed by atoms with Crippen LogP contribution in [-0.2, 0) is 0 Å². The van der Waals surface area contributed by atoms with Crippen molar-refractivity contribution in [2.24, 2.45) is 5.73 Å². The molecule has 70 valence electrons. The van der Waals surface area contributed by atoms with Crippen molar-refractivity contribution in [1.29, 1.82) is 0 Å². The predicted molar refractivity (Wildman–Crippen MR) is 42.1 cm³/mol. The smallest absolute Gasteiger partial charge is 0.272 e. The third kappa shape index (κ3) is 1.33. The van der Waals surface area contributed by atoms with E-state index in [0.717, 1.165) is 19.3 Å². The van der Waals surface area contributed by atoms with Gasteiger partial charge in [-0.05, 0) is 12.8 Å². The van der Waals surface area contributed by atoms with E-state index < -0.39 is 5.92 Å². The molecule has 12 heavy (non-hydrogen) atoms. The molecule has 0 aromatic heterocycles. The van der Waals surface area contributed by atoms with Crippen LogP contribution in [0, 0.1) is 0 Å². The van der Waals surface area contributed by atoms with Crippen molar-refractivity contribution < 1.29 is 8.78 Å². The van der Waals surface area contributed by atoms with Crippen LogP contribution in [0.1, 0.15) is 19.3 Å². The molecule has 1 saturated carbocycles. The lowest BCUT2D eigenvalue weighted by Gasteiger charge is -2.44. The number of likely N-dealkylation sites (tertiary alicyclic amines) is 1. The summed E-state index contributed by atoms with van der Waals surface area (Å²) in [6, 6.07) is 0.353. The van der Waals surface area contributed by atoms with Crippen LogP contribution in [0.15, 0.2) is 0 Å². The summed E-state index contributed by atoms with van der Waals surface area (Å²) in [6.07, 6.45) is 3.08. The fourth-order valence-corrected chi connectivity index (χ4v) is 2.20. The van der Waals surface area contributed by atoms with E-state index in [9.17, 15) is 8.78 Å². The molecule has 1 aliphatic carbocycles. The summed E-state index contributed by atoms with van der Waals surface area (Å²) < 4.78 is 25.0. The average molecular weight is 176 g/mol. The summed E-state index contributed by atoms with van der Waals surface area (Å²) in [5.41, 5.74) is 5.79. The first-order valence-corrected chi connectivity index (χ1v) is 4.46. The Hall–Kier alpha value is -0.220. The van der Waals surface area contributed by atoms with Gasteiger partial charge in [-0.2, -0.15) is 0 Å². The molecule has 1 aliphatic heterocycles. The Labute approximate surface area is 70.7 Å². The third-order valence-corrected chi connectivity index (χ3v) is 2.87. The summed E-state index contributed by atoms with van der Waals surface area (Å²) in [4.78, 5) is 1.82. The van der Waals surface area contributed by atoms with Crippen molar-refractivity contribution in [3.05, 3.63) is 0 Å². The molecular weight excluding hydrogens is 162 g/mol. The number of rotatable bonds is 1. The molecule has 0 spiro atoms. The minimum Gasteiger partial charge on any atom is -0.326 e. The molecule has 2 nitrogen and oxygen atoms in total. The van der Waals surface area contributed by atoms with Crippen LogP contribution in [-0.4, -0.2) is 36.0 Å². The average Bonchev–Trinajstić information content (AvgIpc) is 2.30. The Morgan fingerprint density at radius 1 is 1.25 bits per heavy atom. The van der Waals surface area contributed by atoms with Crippen molar-refractivity contribution >= 4 is 0 Å². The highest BCUT2D eigenvalue weighted by Gasteiger charge is 2.48. The van der Waals surface area contributed by atoms with Gasteiger partial charge in [-0.15, -0.1) is 0 Å². The number of nitrogens with two attached hydrogens (primary N) is 1. The summed E-state index contributed by atoms with van der Waals surface area (Å²) in [7, 11) is 0. The van der Waals surface area contributed by atoms with E-state index in [0.29, 0.717) is 0 Å². The van der Waals surface area contributed by atoms with Crippen LogP contribution in [0.3, 0.4) is 0 Å². The van der Waals surface area contributed by atoms with Gasteiger partial charge in [-0.3, -0.25) is 4.90 Å². The molecule has 0 bridgehead atoms. The van der Waals surface area contributed by atoms with Crippen molar-refractivity contribution in [2.45, 2.75) is 37.3 Å². The van der Waals surface area contributed by atoms with E-state index in [1.165, 1.54) is 0 Å². The molecule has 2 rings (SSSR count). The molecule has 2 fully saturated rings. The molecule has 2 N–H and O–H groups in total. The molecule has 0 aromatic rings. The maximum Gasteiger partial charge on any atom is 0.272 e. The van der Waals surface area contributed by atoms with E-state index in [1.54, 1.807) is 0 Å². The zero-order valence-corrected chi connectivity index (χ0v) is 6.97. The second kappa shape index (κ2) is 2.64. The van der Waals surface area contributed by atoms with Gasteiger partial charge in [0.1, 0.15) is 0 Å². The van der Waals surface area contributed by atoms with Gasteiger partial charge in [0.15, 0.2) is 0 Å². The number of hydrogen-bond donors (Lipinski definition) is 1. The second-order valence-corrected chi connectivity index (χ2v) is 3.92. The molecule has 2 aliphatic rings. The Morgan fingerprint density at radius 3 is 2.33 bits per heavy atom. The predicted octanol–water partition coefficient (Wildman–Crippen LogP) is 0.817. The van der Waals surface area contributed by atoms with Gasteiger partial charge in [0.2, 0.25) is 0 Å². The highest BCUT2D eigenvalue weighted by atomic mass is 19.3. The highest BCUT2D eigenvalue weighted by Crippen LogP contribution is 2.33. The zero-order chi connectivity index (χ0) is 8.77. The molecule has 2 unspecified atom stereocenters. The minimum atomic E-state index is -2.44. The molecule has 1 heterocycles. The first-order valence-electron chi connectivity index (χ1n) is 4.46. The number of nitrogens with zero attached hydrogens (tertiary/aromatic N) is 1. The Bertz CT molecular complexity index is 176. The van der Waals surface area contributed by atoms with Gasteiger partial charge < -0.3 is 5.73 Å². The quantitative estimate of drug-likeness (QED) is 0.640. The van der Waals surface area contributed by atoms with Crippen LogP contribution in [0.4, 0.5) is 8.78 Å². The molecule has 0 amide bonds. The Kier molecular flexibility index (Phi) is 1.84. The maximum atomic E-state index is 12.5. The SMILES string of the molecule is NC1CCCC1N1CC(F)(F)C1. The van der Waals surface area contributed by atoms with E-state index in [-0.39, 0.29) is 25.2 Å².